The van der Waals surface area contributed by atoms with Crippen molar-refractivity contribution in [2.24, 2.45) is 0 Å². The van der Waals surface area contributed by atoms with E-state index in [2.05, 4.69) is 24.9 Å². The molecule has 0 spiro atoms. The number of aryl methyl sites for hydroxylation is 1. The second kappa shape index (κ2) is 9.07. The molecular weight excluding hydrogens is 436 g/mol. The van der Waals surface area contributed by atoms with Crippen molar-refractivity contribution in [1.29, 1.82) is 0 Å². The maximum absolute atomic E-state index is 13.8. The number of nitrogens with one attached hydrogen (secondary N) is 2. The molecule has 1 aromatic heterocycles. The van der Waals surface area contributed by atoms with E-state index in [9.17, 15) is 17.2 Å². The lowest BCUT2D eigenvalue weighted by Gasteiger charge is -2.18. The minimum absolute atomic E-state index is 0.233. The summed E-state index contributed by atoms with van der Waals surface area (Å²) in [5.41, 5.74) is 0.794. The Morgan fingerprint density at radius 2 is 1.66 bits per heavy atom. The number of anilines is 4. The highest BCUT2D eigenvalue weighted by atomic mass is 32.2. The van der Waals surface area contributed by atoms with Gasteiger partial charge in [-0.2, -0.15) is 0 Å². The molecule has 1 fully saturated rings. The minimum Gasteiger partial charge on any atom is -0.356 e. The third-order valence-electron chi connectivity index (χ3n) is 5.04. The van der Waals surface area contributed by atoms with E-state index in [1.807, 2.05) is 13.0 Å². The average molecular weight is 460 g/mol. The molecule has 1 saturated heterocycles. The van der Waals surface area contributed by atoms with Crippen molar-refractivity contribution in [1.82, 2.24) is 9.97 Å². The van der Waals surface area contributed by atoms with Gasteiger partial charge in [0.05, 0.1) is 5.75 Å². The highest BCUT2D eigenvalue weighted by Gasteiger charge is 2.17. The van der Waals surface area contributed by atoms with Crippen LogP contribution in [-0.4, -0.2) is 31.5 Å². The lowest BCUT2D eigenvalue weighted by atomic mass is 10.2. The number of rotatable bonds is 7. The molecule has 32 heavy (non-hydrogen) atoms. The van der Waals surface area contributed by atoms with Gasteiger partial charge in [0.2, 0.25) is 10.0 Å². The van der Waals surface area contributed by atoms with E-state index in [0.29, 0.717) is 17.3 Å². The molecule has 1 aliphatic heterocycles. The quantitative estimate of drug-likeness (QED) is 0.546. The molecule has 2 N–H and O–H groups in total. The monoisotopic (exact) mass is 459 g/mol. The molecule has 0 saturated carbocycles. The molecule has 168 valence electrons. The number of hydrogen-bond donors (Lipinski definition) is 2. The van der Waals surface area contributed by atoms with Crippen molar-refractivity contribution in [3.8, 4) is 0 Å². The second-order valence-corrected chi connectivity index (χ2v) is 9.37. The second-order valence-electron chi connectivity index (χ2n) is 7.65. The fraction of sp³-hybridized carbons (Fsp3) is 0.273. The fourth-order valence-corrected chi connectivity index (χ4v) is 4.77. The maximum Gasteiger partial charge on any atom is 0.237 e. The predicted octanol–water partition coefficient (Wildman–Crippen LogP) is 4.35. The number of hydrogen-bond acceptors (Lipinski definition) is 6. The van der Waals surface area contributed by atoms with Gasteiger partial charge in [0.25, 0.3) is 0 Å². The Morgan fingerprint density at radius 3 is 2.38 bits per heavy atom. The first-order valence-corrected chi connectivity index (χ1v) is 11.8. The van der Waals surface area contributed by atoms with Gasteiger partial charge in [0, 0.05) is 36.1 Å². The Bertz CT molecular complexity index is 1210. The topological polar surface area (TPSA) is 87.2 Å². The smallest absolute Gasteiger partial charge is 0.237 e. The third kappa shape index (κ3) is 5.50. The number of nitrogens with zero attached hydrogens (tertiary/aromatic N) is 3. The van der Waals surface area contributed by atoms with Crippen molar-refractivity contribution >= 4 is 33.0 Å². The molecular formula is C22H23F2N5O2S. The molecule has 2 heterocycles. The van der Waals surface area contributed by atoms with Crippen molar-refractivity contribution in [2.75, 3.05) is 28.0 Å². The van der Waals surface area contributed by atoms with Gasteiger partial charge in [0.1, 0.15) is 29.1 Å². The van der Waals surface area contributed by atoms with Gasteiger partial charge in [-0.15, -0.1) is 0 Å². The lowest BCUT2D eigenvalue weighted by Crippen LogP contribution is -2.19. The van der Waals surface area contributed by atoms with Crippen LogP contribution in [0, 0.1) is 18.6 Å². The first-order chi connectivity index (χ1) is 15.3. The Hall–Kier alpha value is -3.27. The first kappa shape index (κ1) is 21.9. The van der Waals surface area contributed by atoms with E-state index >= 15 is 0 Å². The molecule has 4 rings (SSSR count). The Morgan fingerprint density at radius 1 is 0.969 bits per heavy atom. The molecule has 0 bridgehead atoms. The average Bonchev–Trinajstić information content (AvgIpc) is 3.26. The summed E-state index contributed by atoms with van der Waals surface area (Å²) in [6.07, 6.45) is 2.30. The van der Waals surface area contributed by atoms with E-state index in [4.69, 9.17) is 0 Å². The molecule has 2 aromatic carbocycles. The summed E-state index contributed by atoms with van der Waals surface area (Å²) >= 11 is 0. The maximum atomic E-state index is 13.8. The van der Waals surface area contributed by atoms with Gasteiger partial charge in [-0.1, -0.05) is 0 Å². The van der Waals surface area contributed by atoms with Crippen LogP contribution < -0.4 is 14.9 Å². The summed E-state index contributed by atoms with van der Waals surface area (Å²) in [5, 5.41) is 3.21. The number of sulfonamides is 1. The van der Waals surface area contributed by atoms with Crippen LogP contribution in [0.4, 0.5) is 31.8 Å². The van der Waals surface area contributed by atoms with Crippen LogP contribution in [0.1, 0.15) is 24.2 Å². The third-order valence-corrected chi connectivity index (χ3v) is 6.28. The van der Waals surface area contributed by atoms with E-state index in [-0.39, 0.29) is 5.56 Å². The normalized spacial score (nSPS) is 13.9. The summed E-state index contributed by atoms with van der Waals surface area (Å²) in [6.45, 7) is 3.79. The summed E-state index contributed by atoms with van der Waals surface area (Å²) in [6, 6.07) is 11.2. The molecule has 1 aliphatic rings. The van der Waals surface area contributed by atoms with Crippen LogP contribution in [0.3, 0.4) is 0 Å². The van der Waals surface area contributed by atoms with Crippen LogP contribution >= 0.6 is 0 Å². The molecule has 0 aliphatic carbocycles. The van der Waals surface area contributed by atoms with Gasteiger partial charge in [-0.25, -0.2) is 27.2 Å². The van der Waals surface area contributed by atoms with Gasteiger partial charge in [-0.05, 0) is 62.2 Å². The molecule has 0 unspecified atom stereocenters. The van der Waals surface area contributed by atoms with Gasteiger partial charge in [-0.3, -0.25) is 4.72 Å². The van der Waals surface area contributed by atoms with Crippen LogP contribution in [0.2, 0.25) is 0 Å². The number of aromatic nitrogens is 2. The molecule has 0 radical (unpaired) electrons. The van der Waals surface area contributed by atoms with E-state index < -0.39 is 27.4 Å². The highest BCUT2D eigenvalue weighted by Crippen LogP contribution is 2.24. The number of benzene rings is 2. The van der Waals surface area contributed by atoms with E-state index in [1.165, 1.54) is 0 Å². The SMILES string of the molecule is Cc1nc(Nc2ccc(NS(=O)(=O)Cc3cc(F)ccc3F)cc2)cc(N2CCCC2)n1. The highest BCUT2D eigenvalue weighted by molar-refractivity contribution is 7.91. The summed E-state index contributed by atoms with van der Waals surface area (Å²) in [7, 11) is -3.92. The van der Waals surface area contributed by atoms with Crippen LogP contribution in [0.5, 0.6) is 0 Å². The summed E-state index contributed by atoms with van der Waals surface area (Å²) < 4.78 is 54.2. The largest absolute Gasteiger partial charge is 0.356 e. The summed E-state index contributed by atoms with van der Waals surface area (Å²) in [5.74, 6) is 0.0482. The van der Waals surface area contributed by atoms with Crippen LogP contribution in [-0.2, 0) is 15.8 Å². The van der Waals surface area contributed by atoms with Crippen molar-refractivity contribution in [2.45, 2.75) is 25.5 Å². The van der Waals surface area contributed by atoms with Gasteiger partial charge < -0.3 is 10.2 Å². The molecule has 0 atom stereocenters. The Kier molecular flexibility index (Phi) is 6.22. The zero-order valence-corrected chi connectivity index (χ0v) is 18.3. The lowest BCUT2D eigenvalue weighted by molar-refractivity contribution is 0.581. The Labute approximate surface area is 185 Å². The molecule has 0 amide bonds. The van der Waals surface area contributed by atoms with Crippen LogP contribution in [0.15, 0.2) is 48.5 Å². The predicted molar refractivity (Wildman–Crippen MR) is 121 cm³/mol. The number of halogens is 2. The molecule has 3 aromatic rings. The molecule has 7 nitrogen and oxygen atoms in total. The minimum atomic E-state index is -3.92. The zero-order valence-electron chi connectivity index (χ0n) is 17.5. The van der Waals surface area contributed by atoms with Crippen LogP contribution in [0.25, 0.3) is 0 Å². The zero-order chi connectivity index (χ0) is 22.7. The Balaban J connectivity index is 1.43. The molecule has 10 heteroatoms. The standard InChI is InChI=1S/C22H23F2N5O2S/c1-15-25-21(13-22(26-15)29-10-2-3-11-29)27-18-5-7-19(8-6-18)28-32(30,31)14-16-12-17(23)4-9-20(16)24/h4-9,12-13,28H,2-3,10-11,14H2,1H3,(H,25,26,27). The van der Waals surface area contributed by atoms with Crippen molar-refractivity contribution < 1.29 is 17.2 Å². The van der Waals surface area contributed by atoms with Crippen molar-refractivity contribution in [3.63, 3.8) is 0 Å². The fourth-order valence-electron chi connectivity index (χ4n) is 3.57. The van der Waals surface area contributed by atoms with E-state index in [0.717, 1.165) is 55.6 Å². The van der Waals surface area contributed by atoms with E-state index in [1.54, 1.807) is 24.3 Å². The van der Waals surface area contributed by atoms with Gasteiger partial charge >= 0.3 is 0 Å². The summed E-state index contributed by atoms with van der Waals surface area (Å²) in [4.78, 5) is 11.1. The van der Waals surface area contributed by atoms with Gasteiger partial charge in [0.15, 0.2) is 0 Å². The first-order valence-electron chi connectivity index (χ1n) is 10.2. The van der Waals surface area contributed by atoms with Crippen molar-refractivity contribution in [3.05, 3.63) is 71.6 Å².